The Bertz CT molecular complexity index is 675. The second kappa shape index (κ2) is 6.26. The van der Waals surface area contributed by atoms with Crippen molar-refractivity contribution in [1.29, 1.82) is 0 Å². The van der Waals surface area contributed by atoms with Crippen LogP contribution < -0.4 is 0 Å². The molecule has 22 heavy (non-hydrogen) atoms. The average Bonchev–Trinajstić information content (AvgIpc) is 2.88. The predicted octanol–water partition coefficient (Wildman–Crippen LogP) is 2.72. The van der Waals surface area contributed by atoms with Crippen LogP contribution in [-0.4, -0.2) is 45.9 Å². The molecule has 2 unspecified atom stereocenters. The fourth-order valence-corrected chi connectivity index (χ4v) is 3.21. The third-order valence-electron chi connectivity index (χ3n) is 3.94. The lowest BCUT2D eigenvalue weighted by Gasteiger charge is -2.35. The molecule has 1 aliphatic heterocycles. The fourth-order valence-electron chi connectivity index (χ4n) is 2.99. The van der Waals surface area contributed by atoms with Crippen molar-refractivity contribution in [2.75, 3.05) is 13.1 Å². The molecule has 118 valence electrons. The van der Waals surface area contributed by atoms with E-state index in [1.807, 2.05) is 41.6 Å². The van der Waals surface area contributed by atoms with Crippen molar-refractivity contribution in [2.45, 2.75) is 39.0 Å². The molecule has 2 aromatic rings. The summed E-state index contributed by atoms with van der Waals surface area (Å²) in [5.74, 6) is 0.146. The van der Waals surface area contributed by atoms with Crippen molar-refractivity contribution in [2.24, 2.45) is 0 Å². The number of ether oxygens (including phenoxy) is 1. The smallest absolute Gasteiger partial charge is 0.224 e. The summed E-state index contributed by atoms with van der Waals surface area (Å²) in [4.78, 5) is 14.3. The second-order valence-electron chi connectivity index (χ2n) is 5.85. The number of carbonyl (C=O) groups excluding carboxylic acids is 1. The van der Waals surface area contributed by atoms with Gasteiger partial charge in [-0.25, -0.2) is 0 Å². The largest absolute Gasteiger partial charge is 0.372 e. The summed E-state index contributed by atoms with van der Waals surface area (Å²) >= 11 is 6.14. The number of fused-ring (bicyclic) bond motifs is 1. The Labute approximate surface area is 134 Å². The van der Waals surface area contributed by atoms with E-state index in [9.17, 15) is 4.79 Å². The van der Waals surface area contributed by atoms with Gasteiger partial charge < -0.3 is 9.64 Å². The molecule has 0 saturated carbocycles. The summed E-state index contributed by atoms with van der Waals surface area (Å²) in [6.45, 7) is 5.88. The highest BCUT2D eigenvalue weighted by Crippen LogP contribution is 2.23. The van der Waals surface area contributed by atoms with Crippen molar-refractivity contribution in [1.82, 2.24) is 14.7 Å². The van der Waals surface area contributed by atoms with Crippen molar-refractivity contribution < 1.29 is 9.53 Å². The van der Waals surface area contributed by atoms with Crippen LogP contribution in [0.3, 0.4) is 0 Å². The fraction of sp³-hybridized carbons (Fsp3) is 0.500. The highest BCUT2D eigenvalue weighted by molar-refractivity contribution is 6.35. The highest BCUT2D eigenvalue weighted by atomic mass is 35.5. The van der Waals surface area contributed by atoms with Crippen molar-refractivity contribution in [3.05, 3.63) is 29.4 Å². The first-order valence-corrected chi connectivity index (χ1v) is 7.95. The van der Waals surface area contributed by atoms with Crippen LogP contribution in [0.5, 0.6) is 0 Å². The molecule has 0 N–H and O–H groups in total. The van der Waals surface area contributed by atoms with Crippen LogP contribution in [0.25, 0.3) is 10.9 Å². The molecule has 2 heterocycles. The third kappa shape index (κ3) is 3.10. The molecule has 3 rings (SSSR count). The van der Waals surface area contributed by atoms with Crippen LogP contribution in [0.4, 0.5) is 0 Å². The van der Waals surface area contributed by atoms with Gasteiger partial charge in [-0.15, -0.1) is 0 Å². The molecule has 6 heteroatoms. The Morgan fingerprint density at radius 1 is 1.36 bits per heavy atom. The van der Waals surface area contributed by atoms with E-state index in [2.05, 4.69) is 5.10 Å². The summed E-state index contributed by atoms with van der Waals surface area (Å²) < 4.78 is 7.50. The number of morpholine rings is 1. The Hall–Kier alpha value is -1.59. The van der Waals surface area contributed by atoms with Crippen LogP contribution in [-0.2, 0) is 16.1 Å². The molecule has 2 atom stereocenters. The Morgan fingerprint density at radius 2 is 2.09 bits per heavy atom. The standard InChI is InChI=1S/C16H20ClN3O2/c1-11-9-19(10-12(2)22-11)16(21)6-7-20-15-5-3-4-14(17)13(15)8-18-20/h3-5,8,11-12H,6-7,9-10H2,1-2H3. The summed E-state index contributed by atoms with van der Waals surface area (Å²) in [7, 11) is 0. The number of aromatic nitrogens is 2. The first-order chi connectivity index (χ1) is 10.5. The van der Waals surface area contributed by atoms with Gasteiger partial charge in [0.15, 0.2) is 0 Å². The highest BCUT2D eigenvalue weighted by Gasteiger charge is 2.25. The van der Waals surface area contributed by atoms with Gasteiger partial charge >= 0.3 is 0 Å². The van der Waals surface area contributed by atoms with E-state index in [0.717, 1.165) is 10.9 Å². The quantitative estimate of drug-likeness (QED) is 0.873. The van der Waals surface area contributed by atoms with Gasteiger partial charge in [-0.05, 0) is 26.0 Å². The van der Waals surface area contributed by atoms with Gasteiger partial charge in [0.05, 0.1) is 35.5 Å². The van der Waals surface area contributed by atoms with Crippen LogP contribution in [0.15, 0.2) is 24.4 Å². The molecule has 1 aromatic heterocycles. The maximum absolute atomic E-state index is 12.4. The second-order valence-corrected chi connectivity index (χ2v) is 6.25. The molecule has 1 aromatic carbocycles. The molecule has 1 saturated heterocycles. The minimum atomic E-state index is 0.0945. The number of halogens is 1. The Balaban J connectivity index is 1.66. The molecular weight excluding hydrogens is 302 g/mol. The van der Waals surface area contributed by atoms with Crippen LogP contribution in [0.1, 0.15) is 20.3 Å². The van der Waals surface area contributed by atoms with Gasteiger partial charge in [0, 0.05) is 24.9 Å². The molecule has 0 radical (unpaired) electrons. The molecule has 1 aliphatic rings. The Morgan fingerprint density at radius 3 is 2.82 bits per heavy atom. The van der Waals surface area contributed by atoms with E-state index >= 15 is 0 Å². The molecule has 0 bridgehead atoms. The first-order valence-electron chi connectivity index (χ1n) is 7.58. The van der Waals surface area contributed by atoms with E-state index in [4.69, 9.17) is 16.3 Å². The van der Waals surface area contributed by atoms with Gasteiger partial charge in [-0.1, -0.05) is 17.7 Å². The summed E-state index contributed by atoms with van der Waals surface area (Å²) in [6, 6.07) is 5.71. The van der Waals surface area contributed by atoms with Crippen molar-refractivity contribution >= 4 is 28.4 Å². The topological polar surface area (TPSA) is 47.4 Å². The number of hydrogen-bond donors (Lipinski definition) is 0. The lowest BCUT2D eigenvalue weighted by molar-refractivity contribution is -0.143. The van der Waals surface area contributed by atoms with Crippen LogP contribution in [0.2, 0.25) is 5.02 Å². The van der Waals surface area contributed by atoms with Crippen LogP contribution >= 0.6 is 11.6 Å². The maximum Gasteiger partial charge on any atom is 0.224 e. The Kier molecular flexibility index (Phi) is 4.36. The summed E-state index contributed by atoms with van der Waals surface area (Å²) in [5, 5.41) is 5.95. The molecule has 0 spiro atoms. The maximum atomic E-state index is 12.4. The molecule has 1 fully saturated rings. The number of aryl methyl sites for hydroxylation is 1. The van der Waals surface area contributed by atoms with E-state index < -0.39 is 0 Å². The average molecular weight is 322 g/mol. The number of rotatable bonds is 3. The number of hydrogen-bond acceptors (Lipinski definition) is 3. The van der Waals surface area contributed by atoms with Gasteiger partial charge in [0.25, 0.3) is 0 Å². The first kappa shape index (κ1) is 15.3. The zero-order valence-corrected chi connectivity index (χ0v) is 13.6. The molecule has 0 aliphatic carbocycles. The molecule has 5 nitrogen and oxygen atoms in total. The monoisotopic (exact) mass is 321 g/mol. The SMILES string of the molecule is CC1CN(C(=O)CCn2ncc3c(Cl)cccc32)CC(C)O1. The van der Waals surface area contributed by atoms with Gasteiger partial charge in [-0.2, -0.15) is 5.10 Å². The zero-order valence-electron chi connectivity index (χ0n) is 12.8. The summed E-state index contributed by atoms with van der Waals surface area (Å²) in [5.41, 5.74) is 0.962. The van der Waals surface area contributed by atoms with E-state index in [-0.39, 0.29) is 18.1 Å². The lowest BCUT2D eigenvalue weighted by atomic mass is 10.2. The number of nitrogens with zero attached hydrogens (tertiary/aromatic N) is 3. The number of amides is 1. The van der Waals surface area contributed by atoms with Gasteiger partial charge in [0.1, 0.15) is 0 Å². The van der Waals surface area contributed by atoms with Crippen LogP contribution in [0, 0.1) is 0 Å². The molecular formula is C16H20ClN3O2. The number of benzene rings is 1. The van der Waals surface area contributed by atoms with Gasteiger partial charge in [-0.3, -0.25) is 9.48 Å². The van der Waals surface area contributed by atoms with E-state index in [1.165, 1.54) is 0 Å². The summed E-state index contributed by atoms with van der Waals surface area (Å²) in [6.07, 6.45) is 2.37. The van der Waals surface area contributed by atoms with Crippen molar-refractivity contribution in [3.8, 4) is 0 Å². The number of carbonyl (C=O) groups is 1. The minimum absolute atomic E-state index is 0.0945. The normalized spacial score (nSPS) is 22.2. The zero-order chi connectivity index (χ0) is 15.7. The van der Waals surface area contributed by atoms with E-state index in [0.29, 0.717) is 31.1 Å². The minimum Gasteiger partial charge on any atom is -0.372 e. The molecule has 1 amide bonds. The van der Waals surface area contributed by atoms with Gasteiger partial charge in [0.2, 0.25) is 5.91 Å². The van der Waals surface area contributed by atoms with E-state index in [1.54, 1.807) is 6.20 Å². The third-order valence-corrected chi connectivity index (χ3v) is 4.27. The predicted molar refractivity (Wildman–Crippen MR) is 85.9 cm³/mol. The lowest BCUT2D eigenvalue weighted by Crippen LogP contribution is -2.48. The van der Waals surface area contributed by atoms with Crippen molar-refractivity contribution in [3.63, 3.8) is 0 Å².